The molecule has 3 saturated heterocycles. The Morgan fingerprint density at radius 2 is 1.79 bits per heavy atom. The summed E-state index contributed by atoms with van der Waals surface area (Å²) in [5, 5.41) is 17.1. The van der Waals surface area contributed by atoms with E-state index in [-0.39, 0.29) is 30.3 Å². The van der Waals surface area contributed by atoms with Crippen molar-refractivity contribution in [1.29, 1.82) is 0 Å². The zero-order valence-corrected chi connectivity index (χ0v) is 20.4. The van der Waals surface area contributed by atoms with E-state index >= 15 is 0 Å². The molecule has 1 aromatic rings. The maximum atomic E-state index is 13.5. The van der Waals surface area contributed by atoms with Crippen LogP contribution in [0.25, 0.3) is 0 Å². The van der Waals surface area contributed by atoms with Gasteiger partial charge in [-0.25, -0.2) is 4.98 Å². The minimum atomic E-state index is -0.250. The highest BCUT2D eigenvalue weighted by molar-refractivity contribution is 5.84. The molecule has 0 unspecified atom stereocenters. The molecule has 2 atom stereocenters. The average Bonchev–Trinajstić information content (AvgIpc) is 3.47. The number of aryl methyl sites for hydroxylation is 1. The van der Waals surface area contributed by atoms with Crippen LogP contribution in [0.5, 0.6) is 0 Å². The predicted octanol–water partition coefficient (Wildman–Crippen LogP) is 0.320. The molecule has 0 bridgehead atoms. The third kappa shape index (κ3) is 7.25. The minimum Gasteiger partial charge on any atom is -0.483 e. The van der Waals surface area contributed by atoms with Crippen molar-refractivity contribution in [1.82, 2.24) is 29.6 Å². The van der Waals surface area contributed by atoms with Gasteiger partial charge in [-0.1, -0.05) is 0 Å². The van der Waals surface area contributed by atoms with E-state index in [0.29, 0.717) is 0 Å². The molecular weight excluding hydrogens is 440 g/mol. The number of amides is 1. The summed E-state index contributed by atoms with van der Waals surface area (Å²) in [7, 11) is 4.24. The van der Waals surface area contributed by atoms with E-state index in [9.17, 15) is 4.79 Å². The summed E-state index contributed by atoms with van der Waals surface area (Å²) in [6.07, 6.45) is 9.53. The van der Waals surface area contributed by atoms with Crippen molar-refractivity contribution < 1.29 is 24.6 Å². The van der Waals surface area contributed by atoms with Crippen LogP contribution in [0.15, 0.2) is 12.4 Å². The molecule has 0 aliphatic carbocycles. The number of nitrogens with one attached hydrogen (secondary N) is 1. The normalized spacial score (nSPS) is 25.2. The van der Waals surface area contributed by atoms with Gasteiger partial charge in [-0.2, -0.15) is 0 Å². The summed E-state index contributed by atoms with van der Waals surface area (Å²) in [6.45, 7) is 7.49. The SMILES string of the molecule is CN1CC[C@]2(C(=O)NCCN3CCCC3)CCCN(Cc3nccn3C)[C@H]2C1.O=CO.O=CO. The van der Waals surface area contributed by atoms with E-state index in [2.05, 4.69) is 43.7 Å². The molecule has 192 valence electrons. The highest BCUT2D eigenvalue weighted by Gasteiger charge is 2.52. The minimum absolute atomic E-state index is 0.249. The van der Waals surface area contributed by atoms with Crippen LogP contribution < -0.4 is 5.32 Å². The van der Waals surface area contributed by atoms with Crippen molar-refractivity contribution in [2.75, 3.05) is 52.9 Å². The zero-order chi connectivity index (χ0) is 25.0. The number of likely N-dealkylation sites (tertiary alicyclic amines) is 3. The predicted molar refractivity (Wildman–Crippen MR) is 127 cm³/mol. The molecule has 11 nitrogen and oxygen atoms in total. The largest absolute Gasteiger partial charge is 0.483 e. The molecular formula is C23H40N6O5. The van der Waals surface area contributed by atoms with Gasteiger partial charge in [0.15, 0.2) is 0 Å². The van der Waals surface area contributed by atoms with Gasteiger partial charge < -0.3 is 29.9 Å². The number of piperidine rings is 2. The Kier molecular flexibility index (Phi) is 11.4. The Bertz CT molecular complexity index is 763. The second-order valence-corrected chi connectivity index (χ2v) is 9.23. The highest BCUT2D eigenvalue weighted by atomic mass is 16.3. The lowest BCUT2D eigenvalue weighted by Crippen LogP contribution is -2.65. The second-order valence-electron chi connectivity index (χ2n) is 9.23. The molecule has 3 aliphatic heterocycles. The number of carbonyl (C=O) groups excluding carboxylic acids is 1. The number of hydrogen-bond acceptors (Lipinski definition) is 7. The summed E-state index contributed by atoms with van der Waals surface area (Å²) < 4.78 is 2.10. The smallest absolute Gasteiger partial charge is 0.290 e. The monoisotopic (exact) mass is 480 g/mol. The summed E-state index contributed by atoms with van der Waals surface area (Å²) >= 11 is 0. The van der Waals surface area contributed by atoms with Crippen molar-refractivity contribution in [3.05, 3.63) is 18.2 Å². The van der Waals surface area contributed by atoms with Crippen LogP contribution in [0.1, 0.15) is 37.9 Å². The van der Waals surface area contributed by atoms with Gasteiger partial charge >= 0.3 is 0 Å². The van der Waals surface area contributed by atoms with Gasteiger partial charge in [0.1, 0.15) is 5.82 Å². The fourth-order valence-corrected chi connectivity index (χ4v) is 5.44. The van der Waals surface area contributed by atoms with Gasteiger partial charge in [-0.3, -0.25) is 19.3 Å². The molecule has 11 heteroatoms. The van der Waals surface area contributed by atoms with E-state index in [1.807, 2.05) is 12.4 Å². The van der Waals surface area contributed by atoms with Crippen molar-refractivity contribution in [3.8, 4) is 0 Å². The fraction of sp³-hybridized carbons (Fsp3) is 0.739. The number of carbonyl (C=O) groups is 3. The molecule has 3 fully saturated rings. The summed E-state index contributed by atoms with van der Waals surface area (Å²) in [5.41, 5.74) is -0.249. The van der Waals surface area contributed by atoms with Crippen molar-refractivity contribution in [2.45, 2.75) is 44.7 Å². The van der Waals surface area contributed by atoms with Crippen LogP contribution in [0.3, 0.4) is 0 Å². The van der Waals surface area contributed by atoms with Gasteiger partial charge in [0.2, 0.25) is 5.91 Å². The molecule has 0 radical (unpaired) electrons. The van der Waals surface area contributed by atoms with Crippen LogP contribution >= 0.6 is 0 Å². The van der Waals surface area contributed by atoms with Gasteiger partial charge in [-0.15, -0.1) is 0 Å². The summed E-state index contributed by atoms with van der Waals surface area (Å²) in [5.74, 6) is 1.37. The molecule has 0 saturated carbocycles. The Morgan fingerprint density at radius 3 is 2.41 bits per heavy atom. The summed E-state index contributed by atoms with van der Waals surface area (Å²) in [4.78, 5) is 42.1. The first kappa shape index (κ1) is 27.7. The lowest BCUT2D eigenvalue weighted by Gasteiger charge is -2.53. The van der Waals surface area contributed by atoms with Crippen LogP contribution in [-0.4, -0.2) is 112 Å². The Hall–Kier alpha value is -2.50. The standard InChI is InChI=1S/C21H36N6O.2CH2O2/c1-24-13-7-21(20(28)23-9-15-26-10-3-4-11-26)6-5-12-27(18(21)16-24)17-19-22-8-14-25(19)2;2*2-1-3/h8,14,18H,3-7,9-13,15-17H2,1-2H3,(H,23,28);2*1H,(H,2,3)/t18-,21+;;/m0../s1. The fourth-order valence-electron chi connectivity index (χ4n) is 5.44. The van der Waals surface area contributed by atoms with Crippen LogP contribution in [-0.2, 0) is 28.0 Å². The first-order chi connectivity index (χ1) is 16.4. The molecule has 4 heterocycles. The Balaban J connectivity index is 0.000000618. The maximum Gasteiger partial charge on any atom is 0.290 e. The third-order valence-corrected chi connectivity index (χ3v) is 7.20. The van der Waals surface area contributed by atoms with Crippen molar-refractivity contribution in [3.63, 3.8) is 0 Å². The number of hydrogen-bond donors (Lipinski definition) is 3. The molecule has 0 aromatic carbocycles. The highest BCUT2D eigenvalue weighted by Crippen LogP contribution is 2.43. The van der Waals surface area contributed by atoms with Crippen molar-refractivity contribution >= 4 is 18.9 Å². The molecule has 0 spiro atoms. The maximum absolute atomic E-state index is 13.5. The average molecular weight is 481 g/mol. The molecule has 4 rings (SSSR count). The Labute approximate surface area is 201 Å². The number of likely N-dealkylation sites (N-methyl/N-ethyl adjacent to an activating group) is 1. The van der Waals surface area contributed by atoms with E-state index in [1.165, 1.54) is 25.9 Å². The zero-order valence-electron chi connectivity index (χ0n) is 20.4. The number of aromatic nitrogens is 2. The Morgan fingerprint density at radius 1 is 1.12 bits per heavy atom. The molecule has 3 aliphatic rings. The third-order valence-electron chi connectivity index (χ3n) is 7.20. The number of rotatable bonds is 6. The number of nitrogens with zero attached hydrogens (tertiary/aromatic N) is 5. The number of fused-ring (bicyclic) bond motifs is 1. The van der Waals surface area contributed by atoms with Crippen LogP contribution in [0.4, 0.5) is 0 Å². The first-order valence-corrected chi connectivity index (χ1v) is 12.0. The lowest BCUT2D eigenvalue weighted by molar-refractivity contribution is -0.145. The van der Waals surface area contributed by atoms with Crippen LogP contribution in [0.2, 0.25) is 0 Å². The number of imidazole rings is 1. The lowest BCUT2D eigenvalue weighted by atomic mass is 9.67. The van der Waals surface area contributed by atoms with E-state index < -0.39 is 0 Å². The van der Waals surface area contributed by atoms with Crippen LogP contribution in [0, 0.1) is 5.41 Å². The summed E-state index contributed by atoms with van der Waals surface area (Å²) in [6, 6.07) is 0.267. The molecule has 34 heavy (non-hydrogen) atoms. The van der Waals surface area contributed by atoms with Gasteiger partial charge in [0.25, 0.3) is 12.9 Å². The van der Waals surface area contributed by atoms with Gasteiger partial charge in [0.05, 0.1) is 12.0 Å². The molecule has 1 amide bonds. The number of carboxylic acid groups (broad SMARTS) is 2. The van der Waals surface area contributed by atoms with E-state index in [1.54, 1.807) is 0 Å². The quantitative estimate of drug-likeness (QED) is 0.493. The van der Waals surface area contributed by atoms with E-state index in [0.717, 1.165) is 64.4 Å². The van der Waals surface area contributed by atoms with Gasteiger partial charge in [-0.05, 0) is 65.3 Å². The van der Waals surface area contributed by atoms with E-state index in [4.69, 9.17) is 19.8 Å². The molecule has 1 aromatic heterocycles. The van der Waals surface area contributed by atoms with Gasteiger partial charge in [0, 0.05) is 45.1 Å². The van der Waals surface area contributed by atoms with Crippen molar-refractivity contribution in [2.24, 2.45) is 12.5 Å². The molecule has 3 N–H and O–H groups in total. The topological polar surface area (TPSA) is 131 Å². The first-order valence-electron chi connectivity index (χ1n) is 12.0. The second kappa shape index (κ2) is 14.0.